The average molecular weight is 462 g/mol. The lowest BCUT2D eigenvalue weighted by molar-refractivity contribution is -0.153. The van der Waals surface area contributed by atoms with E-state index in [4.69, 9.17) is 26.8 Å². The summed E-state index contributed by atoms with van der Waals surface area (Å²) in [5.74, 6) is -0.908. The molecular formula is C18H28ClN5O5S. The van der Waals surface area contributed by atoms with Gasteiger partial charge in [-0.3, -0.25) is 10.1 Å². The number of halogens is 1. The Bertz CT molecular complexity index is 754. The summed E-state index contributed by atoms with van der Waals surface area (Å²) >= 11 is 7.08. The topological polar surface area (TPSA) is 146 Å². The second kappa shape index (κ2) is 11.2. The molecule has 0 aliphatic carbocycles. The van der Waals surface area contributed by atoms with Crippen molar-refractivity contribution >= 4 is 47.3 Å². The van der Waals surface area contributed by atoms with E-state index in [1.807, 2.05) is 0 Å². The molecule has 0 radical (unpaired) electrons. The smallest absolute Gasteiger partial charge is 0.409 e. The zero-order valence-corrected chi connectivity index (χ0v) is 19.3. The van der Waals surface area contributed by atoms with Crippen molar-refractivity contribution in [3.05, 3.63) is 11.2 Å². The summed E-state index contributed by atoms with van der Waals surface area (Å²) in [6.45, 7) is 6.87. The number of anilines is 1. The Morgan fingerprint density at radius 2 is 1.90 bits per heavy atom. The van der Waals surface area contributed by atoms with Crippen molar-refractivity contribution in [2.75, 3.05) is 18.6 Å². The molecule has 30 heavy (non-hydrogen) atoms. The Morgan fingerprint density at radius 3 is 2.43 bits per heavy atom. The number of carbonyl (C=O) groups excluding carboxylic acids is 3. The third-order valence-corrected chi connectivity index (χ3v) is 4.60. The van der Waals surface area contributed by atoms with Crippen LogP contribution in [-0.4, -0.2) is 52.1 Å². The number of hydrogen-bond donors (Lipinski definition) is 3. The highest BCUT2D eigenvalue weighted by Gasteiger charge is 2.43. The van der Waals surface area contributed by atoms with Crippen LogP contribution in [0.25, 0.3) is 0 Å². The Morgan fingerprint density at radius 1 is 1.23 bits per heavy atom. The van der Waals surface area contributed by atoms with Crippen molar-refractivity contribution in [2.45, 2.75) is 63.2 Å². The van der Waals surface area contributed by atoms with Crippen LogP contribution in [0.4, 0.5) is 10.7 Å². The zero-order valence-electron chi connectivity index (χ0n) is 17.7. The Balaban J connectivity index is 2.84. The predicted octanol–water partition coefficient (Wildman–Crippen LogP) is 2.50. The molecule has 4 N–H and O–H groups in total. The van der Waals surface area contributed by atoms with Crippen LogP contribution in [0.3, 0.4) is 0 Å². The lowest BCUT2D eigenvalue weighted by Gasteiger charge is -2.33. The summed E-state index contributed by atoms with van der Waals surface area (Å²) in [5, 5.41) is 5.76. The number of alkyl carbamates (subject to hydrolysis) is 1. The van der Waals surface area contributed by atoms with Crippen molar-refractivity contribution in [1.29, 1.82) is 0 Å². The molecule has 10 nitrogen and oxygen atoms in total. The number of hydrogen-bond acceptors (Lipinski definition) is 9. The molecule has 1 rings (SSSR count). The van der Waals surface area contributed by atoms with Gasteiger partial charge in [-0.15, -0.1) is 11.8 Å². The van der Waals surface area contributed by atoms with Gasteiger partial charge in [-0.05, 0) is 20.8 Å². The van der Waals surface area contributed by atoms with Crippen molar-refractivity contribution in [3.8, 4) is 0 Å². The molecule has 168 valence electrons. The highest BCUT2D eigenvalue weighted by atomic mass is 35.5. The van der Waals surface area contributed by atoms with E-state index in [0.29, 0.717) is 17.2 Å². The molecule has 0 unspecified atom stereocenters. The summed E-state index contributed by atoms with van der Waals surface area (Å²) in [4.78, 5) is 45.1. The summed E-state index contributed by atoms with van der Waals surface area (Å²) in [6.07, 6.45) is -0.207. The summed E-state index contributed by atoms with van der Waals surface area (Å²) in [5.41, 5.74) is 3.03. The lowest BCUT2D eigenvalue weighted by Crippen LogP contribution is -2.66. The molecule has 1 aromatic heterocycles. The van der Waals surface area contributed by atoms with E-state index in [0.717, 1.165) is 0 Å². The minimum atomic E-state index is -1.74. The van der Waals surface area contributed by atoms with Crippen LogP contribution in [0.1, 0.15) is 47.0 Å². The quantitative estimate of drug-likeness (QED) is 0.218. The minimum Gasteiger partial charge on any atom is -0.466 e. The van der Waals surface area contributed by atoms with E-state index in [-0.39, 0.29) is 23.9 Å². The highest BCUT2D eigenvalue weighted by molar-refractivity contribution is 7.99. The number of carbonyl (C=O) groups is 3. The lowest BCUT2D eigenvalue weighted by atomic mass is 10.0. The van der Waals surface area contributed by atoms with Gasteiger partial charge in [-0.25, -0.2) is 19.6 Å². The van der Waals surface area contributed by atoms with Crippen molar-refractivity contribution in [3.63, 3.8) is 0 Å². The number of nitrogens with two attached hydrogens (primary N) is 1. The van der Waals surface area contributed by atoms with Gasteiger partial charge in [-0.1, -0.05) is 24.9 Å². The second-order valence-electron chi connectivity index (χ2n) is 7.31. The van der Waals surface area contributed by atoms with Crippen LogP contribution in [-0.2, 0) is 19.1 Å². The zero-order chi connectivity index (χ0) is 22.9. The summed E-state index contributed by atoms with van der Waals surface area (Å²) in [7, 11) is 1.18. The summed E-state index contributed by atoms with van der Waals surface area (Å²) in [6, 6.07) is 1.53. The third kappa shape index (κ3) is 8.62. The first kappa shape index (κ1) is 25.8. The van der Waals surface area contributed by atoms with Gasteiger partial charge in [0.1, 0.15) is 15.8 Å². The molecule has 0 saturated carbocycles. The van der Waals surface area contributed by atoms with Crippen LogP contribution in [0, 0.1) is 0 Å². The molecule has 0 spiro atoms. The Hall–Kier alpha value is -2.27. The Kier molecular flexibility index (Phi) is 9.63. The first-order valence-electron chi connectivity index (χ1n) is 9.24. The number of amides is 2. The van der Waals surface area contributed by atoms with Gasteiger partial charge in [-0.2, -0.15) is 0 Å². The molecule has 12 heteroatoms. The first-order chi connectivity index (χ1) is 13.9. The molecule has 0 bridgehead atoms. The van der Waals surface area contributed by atoms with Gasteiger partial charge in [0.25, 0.3) is 0 Å². The Labute approximate surface area is 185 Å². The summed E-state index contributed by atoms with van der Waals surface area (Å²) < 4.78 is 10.1. The highest BCUT2D eigenvalue weighted by Crippen LogP contribution is 2.21. The van der Waals surface area contributed by atoms with Crippen LogP contribution < -0.4 is 16.4 Å². The standard InChI is InChI=1S/C18H28ClN5O5S/c1-6-8-18(14(26)28-5,24-16(27)29-17(2,3)4)23-12(25)7-9-30-13-10-11(19)21-15(20)22-13/h10H,6-9H2,1-5H3,(H,23,25)(H,24,27)(H2,20,21,22)/t18-/m0/s1. The SMILES string of the molecule is CCC[C@](NC(=O)CCSc1cc(Cl)nc(N)n1)(NC(=O)OC(C)(C)C)C(=O)OC. The molecule has 1 heterocycles. The van der Waals surface area contributed by atoms with Gasteiger partial charge < -0.3 is 20.5 Å². The van der Waals surface area contributed by atoms with E-state index < -0.39 is 29.2 Å². The number of aromatic nitrogens is 2. The third-order valence-electron chi connectivity index (χ3n) is 3.49. The largest absolute Gasteiger partial charge is 0.466 e. The predicted molar refractivity (Wildman–Crippen MR) is 114 cm³/mol. The maximum atomic E-state index is 12.5. The molecule has 0 aromatic carbocycles. The number of nitrogens with zero attached hydrogens (tertiary/aromatic N) is 2. The number of esters is 1. The van der Waals surface area contributed by atoms with E-state index >= 15 is 0 Å². The van der Waals surface area contributed by atoms with Crippen LogP contribution in [0.5, 0.6) is 0 Å². The molecule has 0 fully saturated rings. The fourth-order valence-corrected chi connectivity index (χ4v) is 3.53. The molecule has 1 atom stereocenters. The number of rotatable bonds is 9. The second-order valence-corrected chi connectivity index (χ2v) is 8.81. The maximum Gasteiger partial charge on any atom is 0.409 e. The van der Waals surface area contributed by atoms with Crippen molar-refractivity contribution in [2.24, 2.45) is 0 Å². The number of nitrogen functional groups attached to an aromatic ring is 1. The number of methoxy groups -OCH3 is 1. The monoisotopic (exact) mass is 461 g/mol. The van der Waals surface area contributed by atoms with E-state index in [1.165, 1.54) is 24.9 Å². The fourth-order valence-electron chi connectivity index (χ4n) is 2.42. The maximum absolute atomic E-state index is 12.5. The van der Waals surface area contributed by atoms with Crippen molar-refractivity contribution in [1.82, 2.24) is 20.6 Å². The molecule has 1 aromatic rings. The van der Waals surface area contributed by atoms with Crippen LogP contribution in [0.2, 0.25) is 5.15 Å². The first-order valence-corrected chi connectivity index (χ1v) is 10.6. The van der Waals surface area contributed by atoms with Crippen LogP contribution >= 0.6 is 23.4 Å². The average Bonchev–Trinajstić information content (AvgIpc) is 2.58. The normalized spacial score (nSPS) is 13.1. The number of nitrogens with one attached hydrogen (secondary N) is 2. The van der Waals surface area contributed by atoms with Gasteiger partial charge in [0.05, 0.1) is 7.11 Å². The fraction of sp³-hybridized carbons (Fsp3) is 0.611. The molecule has 0 aliphatic heterocycles. The molecule has 0 aliphatic rings. The van der Waals surface area contributed by atoms with E-state index in [9.17, 15) is 14.4 Å². The van der Waals surface area contributed by atoms with Crippen LogP contribution in [0.15, 0.2) is 11.1 Å². The molecular weight excluding hydrogens is 434 g/mol. The van der Waals surface area contributed by atoms with Crippen molar-refractivity contribution < 1.29 is 23.9 Å². The number of thioether (sulfide) groups is 1. The van der Waals surface area contributed by atoms with Gasteiger partial charge in [0.2, 0.25) is 17.5 Å². The van der Waals surface area contributed by atoms with Gasteiger partial charge in [0, 0.05) is 24.7 Å². The van der Waals surface area contributed by atoms with E-state index in [2.05, 4.69) is 20.6 Å². The van der Waals surface area contributed by atoms with Gasteiger partial charge in [0.15, 0.2) is 0 Å². The molecule has 0 saturated heterocycles. The number of ether oxygens (including phenoxy) is 2. The van der Waals surface area contributed by atoms with E-state index in [1.54, 1.807) is 27.7 Å². The molecule has 2 amide bonds. The van der Waals surface area contributed by atoms with Gasteiger partial charge >= 0.3 is 12.1 Å². The minimum absolute atomic E-state index is 0.0312.